The van der Waals surface area contributed by atoms with Crippen LogP contribution >= 0.6 is 5.45 Å². The van der Waals surface area contributed by atoms with Gasteiger partial charge in [-0.25, -0.2) is 0 Å². The van der Waals surface area contributed by atoms with Crippen molar-refractivity contribution in [2.75, 3.05) is 0 Å². The first kappa shape index (κ1) is 13.1. The zero-order chi connectivity index (χ0) is 11.7. The van der Waals surface area contributed by atoms with Gasteiger partial charge in [0.05, 0.1) is 0 Å². The molecule has 0 bridgehead atoms. The van der Waals surface area contributed by atoms with Crippen molar-refractivity contribution in [1.82, 2.24) is 0 Å². The van der Waals surface area contributed by atoms with Crippen molar-refractivity contribution in [2.45, 2.75) is 94.0 Å². The Morgan fingerprint density at radius 2 is 0.765 bits per heavy atom. The molecule has 0 radical (unpaired) electrons. The van der Waals surface area contributed by atoms with E-state index in [1.54, 1.807) is 38.5 Å². The summed E-state index contributed by atoms with van der Waals surface area (Å²) in [4.78, 5) is 0. The molecule has 0 spiro atoms. The minimum atomic E-state index is -1.10. The topological polar surface area (TPSA) is 0 Å². The summed E-state index contributed by atoms with van der Waals surface area (Å²) in [5.41, 5.74) is 2.39. The van der Waals surface area contributed by atoms with Crippen LogP contribution in [0.2, 0.25) is 0 Å². The molecule has 3 aliphatic rings. The molecule has 0 aromatic rings. The number of hydrogen-bond acceptors (Lipinski definition) is 0. The fourth-order valence-electron chi connectivity index (χ4n) is 5.05. The van der Waals surface area contributed by atoms with Gasteiger partial charge in [-0.2, -0.15) is 0 Å². The predicted molar refractivity (Wildman–Crippen MR) is 75.1 cm³/mol. The van der Waals surface area contributed by atoms with Gasteiger partial charge in [0.2, 0.25) is 0 Å². The fraction of sp³-hybridized carbons (Fsp3) is 1.00. The first-order chi connectivity index (χ1) is 8.32. The Kier molecular flexibility index (Phi) is 4.32. The third kappa shape index (κ3) is 2.42. The van der Waals surface area contributed by atoms with E-state index in [1.807, 2.05) is 0 Å². The Balaban J connectivity index is 1.81. The van der Waals surface area contributed by atoms with Gasteiger partial charge in [-0.15, -0.1) is 0 Å². The second-order valence-electron chi connectivity index (χ2n) is 6.72. The summed E-state index contributed by atoms with van der Waals surface area (Å²) in [6.45, 7) is 0. The molecular formula is C15H28PPd. The molecule has 0 aliphatic heterocycles. The molecule has 3 rings (SSSR count). The molecule has 3 saturated carbocycles. The second-order valence-corrected chi connectivity index (χ2v) is 14.8. The van der Waals surface area contributed by atoms with Crippen LogP contribution < -0.4 is 0 Å². The van der Waals surface area contributed by atoms with E-state index >= 15 is 0 Å². The SMILES string of the molecule is [Pd][PH](C1CCCC1)(C1CCCC1)C1CCCC1. The third-order valence-electron chi connectivity index (χ3n) is 5.87. The van der Waals surface area contributed by atoms with Crippen LogP contribution in [0.1, 0.15) is 77.0 Å². The maximum absolute atomic E-state index is 4.18. The first-order valence-corrected chi connectivity index (χ1v) is 12.4. The molecule has 0 aromatic heterocycles. The number of rotatable bonds is 3. The standard InChI is InChI=1S/C15H27P.Pd/c1-2-8-13(7-1)16(14-9-3-4-10-14)15-11-5-6-12-15;/h13-15H,1-12H2;/q;-1/p+1. The molecule has 0 atom stereocenters. The van der Waals surface area contributed by atoms with Crippen LogP contribution in [0.15, 0.2) is 0 Å². The molecular weight excluding hydrogens is 318 g/mol. The van der Waals surface area contributed by atoms with Gasteiger partial charge in [0.1, 0.15) is 0 Å². The van der Waals surface area contributed by atoms with Crippen LogP contribution in [0, 0.1) is 0 Å². The van der Waals surface area contributed by atoms with E-state index in [9.17, 15) is 0 Å². The molecule has 3 fully saturated rings. The van der Waals surface area contributed by atoms with E-state index in [-0.39, 0.29) is 0 Å². The Morgan fingerprint density at radius 3 is 1.00 bits per heavy atom. The van der Waals surface area contributed by atoms with Crippen molar-refractivity contribution in [2.24, 2.45) is 0 Å². The normalized spacial score (nSPS) is 30.5. The van der Waals surface area contributed by atoms with E-state index < -0.39 is 5.45 Å². The summed E-state index contributed by atoms with van der Waals surface area (Å²) < 4.78 is 0. The second kappa shape index (κ2) is 5.61. The van der Waals surface area contributed by atoms with Gasteiger partial charge in [0, 0.05) is 0 Å². The molecule has 0 saturated heterocycles. The monoisotopic (exact) mass is 345 g/mol. The first-order valence-electron chi connectivity index (χ1n) is 7.97. The van der Waals surface area contributed by atoms with Gasteiger partial charge < -0.3 is 0 Å². The molecule has 0 heterocycles. The molecule has 103 valence electrons. The molecule has 2 heteroatoms. The predicted octanol–water partition coefficient (Wildman–Crippen LogP) is 5.03. The van der Waals surface area contributed by atoms with Crippen molar-refractivity contribution in [3.8, 4) is 0 Å². The van der Waals surface area contributed by atoms with Gasteiger partial charge in [0.15, 0.2) is 0 Å². The van der Waals surface area contributed by atoms with Crippen LogP contribution in [-0.4, -0.2) is 17.0 Å². The molecule has 17 heavy (non-hydrogen) atoms. The quantitative estimate of drug-likeness (QED) is 0.497. The Morgan fingerprint density at radius 1 is 0.529 bits per heavy atom. The van der Waals surface area contributed by atoms with E-state index in [4.69, 9.17) is 0 Å². The molecule has 0 N–H and O–H groups in total. The third-order valence-corrected chi connectivity index (χ3v) is 16.9. The Bertz CT molecular complexity index is 207. The molecule has 0 nitrogen and oxygen atoms in total. The summed E-state index contributed by atoms with van der Waals surface area (Å²) in [7, 11) is 0. The summed E-state index contributed by atoms with van der Waals surface area (Å²) in [5.74, 6) is 0. The van der Waals surface area contributed by atoms with Gasteiger partial charge in [-0.05, 0) is 0 Å². The van der Waals surface area contributed by atoms with Gasteiger partial charge in [-0.3, -0.25) is 0 Å². The van der Waals surface area contributed by atoms with Gasteiger partial charge >= 0.3 is 118 Å². The summed E-state index contributed by atoms with van der Waals surface area (Å²) in [6.07, 6.45) is 18.7. The van der Waals surface area contributed by atoms with Crippen LogP contribution in [0.3, 0.4) is 0 Å². The zero-order valence-electron chi connectivity index (χ0n) is 11.0. The minimum absolute atomic E-state index is 1.10. The van der Waals surface area contributed by atoms with Crippen molar-refractivity contribution in [3.05, 3.63) is 0 Å². The average molecular weight is 346 g/mol. The maximum atomic E-state index is 4.18. The van der Waals surface area contributed by atoms with E-state index in [2.05, 4.69) is 18.7 Å². The Labute approximate surface area is 118 Å². The molecule has 0 aromatic carbocycles. The van der Waals surface area contributed by atoms with E-state index in [0.29, 0.717) is 0 Å². The summed E-state index contributed by atoms with van der Waals surface area (Å²) in [6, 6.07) is 0. The molecule has 3 aliphatic carbocycles. The van der Waals surface area contributed by atoms with Crippen LogP contribution in [0.5, 0.6) is 0 Å². The van der Waals surface area contributed by atoms with Crippen molar-refractivity contribution >= 4 is 5.45 Å². The van der Waals surface area contributed by atoms with Crippen LogP contribution in [0.4, 0.5) is 0 Å². The fourth-order valence-corrected chi connectivity index (χ4v) is 14.9. The Hall–Kier alpha value is 1.09. The molecule has 0 unspecified atom stereocenters. The average Bonchev–Trinajstić information content (AvgIpc) is 3.10. The molecule has 0 amide bonds. The summed E-state index contributed by atoms with van der Waals surface area (Å²) >= 11 is 4.18. The van der Waals surface area contributed by atoms with Crippen molar-refractivity contribution in [1.29, 1.82) is 0 Å². The van der Waals surface area contributed by atoms with Crippen LogP contribution in [0.25, 0.3) is 0 Å². The zero-order valence-corrected chi connectivity index (χ0v) is 13.6. The van der Waals surface area contributed by atoms with E-state index in [1.165, 1.54) is 38.5 Å². The number of hydrogen-bond donors (Lipinski definition) is 0. The van der Waals surface area contributed by atoms with Crippen molar-refractivity contribution in [3.63, 3.8) is 0 Å². The van der Waals surface area contributed by atoms with Crippen LogP contribution in [-0.2, 0) is 18.7 Å². The summed E-state index contributed by atoms with van der Waals surface area (Å²) in [5, 5.41) is 0. The van der Waals surface area contributed by atoms with E-state index in [0.717, 1.165) is 17.0 Å². The van der Waals surface area contributed by atoms with Gasteiger partial charge in [0.25, 0.3) is 0 Å². The van der Waals surface area contributed by atoms with Gasteiger partial charge in [-0.1, -0.05) is 0 Å². The van der Waals surface area contributed by atoms with Crippen molar-refractivity contribution < 1.29 is 18.7 Å².